The molecule has 0 aliphatic carbocycles. The maximum atomic E-state index is 11.1. The number of halogens is 1. The van der Waals surface area contributed by atoms with E-state index in [9.17, 15) is 4.79 Å². The van der Waals surface area contributed by atoms with Gasteiger partial charge in [-0.05, 0) is 46.0 Å². The molecular weight excluding hydrogens is 326 g/mol. The molecule has 1 aromatic rings. The minimum absolute atomic E-state index is 0.0526. The fourth-order valence-electron chi connectivity index (χ4n) is 2.89. The van der Waals surface area contributed by atoms with Gasteiger partial charge in [0.25, 0.3) is 0 Å². The van der Waals surface area contributed by atoms with Gasteiger partial charge in [-0.1, -0.05) is 6.92 Å². The van der Waals surface area contributed by atoms with E-state index in [0.717, 1.165) is 33.5 Å². The predicted molar refractivity (Wildman–Crippen MR) is 76.1 cm³/mol. The average Bonchev–Trinajstić information content (AvgIpc) is 3.07. The SMILES string of the molecule is CCc1c(C2CC(C(=O)O)CN2)cc2c(c1Br)OCO2. The molecule has 1 fully saturated rings. The maximum absolute atomic E-state index is 11.1. The maximum Gasteiger partial charge on any atom is 0.307 e. The number of rotatable bonds is 3. The van der Waals surface area contributed by atoms with Crippen LogP contribution in [0.15, 0.2) is 10.5 Å². The largest absolute Gasteiger partial charge is 0.481 e. The van der Waals surface area contributed by atoms with Crippen molar-refractivity contribution in [1.29, 1.82) is 0 Å². The molecule has 3 rings (SSSR count). The molecule has 20 heavy (non-hydrogen) atoms. The number of nitrogens with one attached hydrogen (secondary N) is 1. The molecule has 0 amide bonds. The number of hydrogen-bond donors (Lipinski definition) is 2. The Hall–Kier alpha value is -1.27. The number of carboxylic acids is 1. The zero-order chi connectivity index (χ0) is 14.3. The number of carbonyl (C=O) groups is 1. The summed E-state index contributed by atoms with van der Waals surface area (Å²) in [5, 5.41) is 12.4. The lowest BCUT2D eigenvalue weighted by molar-refractivity contribution is -0.141. The second kappa shape index (κ2) is 5.26. The highest BCUT2D eigenvalue weighted by Gasteiger charge is 2.33. The summed E-state index contributed by atoms with van der Waals surface area (Å²) in [6, 6.07) is 2.03. The number of carboxylic acid groups (broad SMARTS) is 1. The first-order valence-electron chi connectivity index (χ1n) is 6.68. The second-order valence-corrected chi connectivity index (χ2v) is 5.87. The van der Waals surface area contributed by atoms with E-state index in [0.29, 0.717) is 13.0 Å². The van der Waals surface area contributed by atoms with Crippen LogP contribution in [0.4, 0.5) is 0 Å². The van der Waals surface area contributed by atoms with Gasteiger partial charge in [0.15, 0.2) is 11.5 Å². The van der Waals surface area contributed by atoms with Crippen molar-refractivity contribution in [2.45, 2.75) is 25.8 Å². The zero-order valence-corrected chi connectivity index (χ0v) is 12.7. The monoisotopic (exact) mass is 341 g/mol. The Balaban J connectivity index is 1.98. The normalized spacial score (nSPS) is 24.1. The van der Waals surface area contributed by atoms with Crippen LogP contribution in [0, 0.1) is 5.92 Å². The highest BCUT2D eigenvalue weighted by atomic mass is 79.9. The number of aliphatic carboxylic acids is 1. The molecule has 2 heterocycles. The van der Waals surface area contributed by atoms with Crippen molar-refractivity contribution in [3.05, 3.63) is 21.7 Å². The standard InChI is InChI=1S/C14H16BrNO4/c1-2-8-9(10-3-7(5-16-10)14(17)18)4-11-13(12(8)15)20-6-19-11/h4,7,10,16H,2-3,5-6H2,1H3,(H,17,18). The van der Waals surface area contributed by atoms with Gasteiger partial charge in [-0.15, -0.1) is 0 Å². The van der Waals surface area contributed by atoms with Gasteiger partial charge in [0.2, 0.25) is 6.79 Å². The first-order chi connectivity index (χ1) is 9.61. The topological polar surface area (TPSA) is 67.8 Å². The number of hydrogen-bond acceptors (Lipinski definition) is 4. The molecule has 0 spiro atoms. The van der Waals surface area contributed by atoms with Gasteiger partial charge in [-0.25, -0.2) is 0 Å². The summed E-state index contributed by atoms with van der Waals surface area (Å²) in [5.74, 6) is 0.412. The van der Waals surface area contributed by atoms with Crippen LogP contribution in [-0.2, 0) is 11.2 Å². The Morgan fingerprint density at radius 2 is 2.35 bits per heavy atom. The summed E-state index contributed by atoms with van der Waals surface area (Å²) in [6.07, 6.45) is 1.46. The van der Waals surface area contributed by atoms with E-state index >= 15 is 0 Å². The highest BCUT2D eigenvalue weighted by molar-refractivity contribution is 9.10. The molecule has 1 aromatic carbocycles. The lowest BCUT2D eigenvalue weighted by Crippen LogP contribution is -2.17. The van der Waals surface area contributed by atoms with Crippen molar-refractivity contribution in [3.63, 3.8) is 0 Å². The van der Waals surface area contributed by atoms with E-state index in [1.54, 1.807) is 0 Å². The van der Waals surface area contributed by atoms with E-state index in [1.165, 1.54) is 0 Å². The summed E-state index contributed by atoms with van der Waals surface area (Å²) in [4.78, 5) is 11.1. The summed E-state index contributed by atoms with van der Waals surface area (Å²) in [5.41, 5.74) is 2.25. The lowest BCUT2D eigenvalue weighted by atomic mass is 9.94. The van der Waals surface area contributed by atoms with Gasteiger partial charge in [0.1, 0.15) is 0 Å². The first-order valence-corrected chi connectivity index (χ1v) is 7.48. The summed E-state index contributed by atoms with van der Waals surface area (Å²) < 4.78 is 11.8. The van der Waals surface area contributed by atoms with Crippen LogP contribution < -0.4 is 14.8 Å². The molecule has 6 heteroatoms. The van der Waals surface area contributed by atoms with Gasteiger partial charge in [-0.2, -0.15) is 0 Å². The Labute approximate surface area is 125 Å². The van der Waals surface area contributed by atoms with Crippen molar-refractivity contribution < 1.29 is 19.4 Å². The lowest BCUT2D eigenvalue weighted by Gasteiger charge is -2.18. The second-order valence-electron chi connectivity index (χ2n) is 5.08. The Kier molecular flexibility index (Phi) is 3.60. The molecule has 0 saturated carbocycles. The molecule has 1 saturated heterocycles. The molecule has 2 N–H and O–H groups in total. The highest BCUT2D eigenvalue weighted by Crippen LogP contribution is 2.45. The first kappa shape index (κ1) is 13.7. The van der Waals surface area contributed by atoms with E-state index in [-0.39, 0.29) is 18.8 Å². The quantitative estimate of drug-likeness (QED) is 0.883. The number of ether oxygens (including phenoxy) is 2. The van der Waals surface area contributed by atoms with Crippen LogP contribution in [0.25, 0.3) is 0 Å². The van der Waals surface area contributed by atoms with E-state index in [1.807, 2.05) is 6.07 Å². The molecule has 0 aromatic heterocycles. The van der Waals surface area contributed by atoms with Gasteiger partial charge in [0.05, 0.1) is 10.4 Å². The van der Waals surface area contributed by atoms with Crippen LogP contribution in [0.5, 0.6) is 11.5 Å². The van der Waals surface area contributed by atoms with Gasteiger partial charge >= 0.3 is 5.97 Å². The Bertz CT molecular complexity index is 561. The van der Waals surface area contributed by atoms with Gasteiger partial charge in [0, 0.05) is 12.6 Å². The predicted octanol–water partition coefficient (Wildman–Crippen LogP) is 2.48. The number of benzene rings is 1. The van der Waals surface area contributed by atoms with Crippen molar-refractivity contribution in [1.82, 2.24) is 5.32 Å². The van der Waals surface area contributed by atoms with Crippen LogP contribution in [0.3, 0.4) is 0 Å². The Morgan fingerprint density at radius 1 is 1.55 bits per heavy atom. The van der Waals surface area contributed by atoms with Crippen LogP contribution >= 0.6 is 15.9 Å². The van der Waals surface area contributed by atoms with Crippen LogP contribution in [-0.4, -0.2) is 24.4 Å². The molecule has 2 atom stereocenters. The third-order valence-corrected chi connectivity index (χ3v) is 4.79. The molecule has 2 aliphatic rings. The molecule has 0 radical (unpaired) electrons. The minimum Gasteiger partial charge on any atom is -0.481 e. The van der Waals surface area contributed by atoms with Crippen molar-refractivity contribution in [2.75, 3.05) is 13.3 Å². The average molecular weight is 342 g/mol. The molecule has 2 aliphatic heterocycles. The van der Waals surface area contributed by atoms with E-state index in [4.69, 9.17) is 14.6 Å². The smallest absolute Gasteiger partial charge is 0.307 e. The molecule has 2 unspecified atom stereocenters. The molecule has 0 bridgehead atoms. The van der Waals surface area contributed by atoms with Crippen molar-refractivity contribution in [3.8, 4) is 11.5 Å². The summed E-state index contributed by atoms with van der Waals surface area (Å²) in [6.45, 7) is 2.82. The van der Waals surface area contributed by atoms with Crippen molar-refractivity contribution >= 4 is 21.9 Å². The minimum atomic E-state index is -0.738. The third kappa shape index (κ3) is 2.16. The van der Waals surface area contributed by atoms with Gasteiger partial charge in [-0.3, -0.25) is 4.79 Å². The fourth-order valence-corrected chi connectivity index (χ4v) is 3.71. The molecule has 5 nitrogen and oxygen atoms in total. The number of fused-ring (bicyclic) bond motifs is 1. The molecule has 108 valence electrons. The zero-order valence-electron chi connectivity index (χ0n) is 11.1. The van der Waals surface area contributed by atoms with Crippen molar-refractivity contribution in [2.24, 2.45) is 5.92 Å². The fraction of sp³-hybridized carbons (Fsp3) is 0.500. The van der Waals surface area contributed by atoms with E-state index < -0.39 is 5.97 Å². The summed E-state index contributed by atoms with van der Waals surface area (Å²) >= 11 is 3.59. The van der Waals surface area contributed by atoms with Gasteiger partial charge < -0.3 is 19.9 Å². The van der Waals surface area contributed by atoms with Crippen LogP contribution in [0.1, 0.15) is 30.5 Å². The van der Waals surface area contributed by atoms with Crippen LogP contribution in [0.2, 0.25) is 0 Å². The van der Waals surface area contributed by atoms with E-state index in [2.05, 4.69) is 28.2 Å². The third-order valence-electron chi connectivity index (χ3n) is 3.95. The molecular formula is C14H16BrNO4. The summed E-state index contributed by atoms with van der Waals surface area (Å²) in [7, 11) is 0. The Morgan fingerprint density at radius 3 is 3.00 bits per heavy atom.